The number of allylic oxidation sites excluding steroid dienone is 1. The lowest BCUT2D eigenvalue weighted by Crippen LogP contribution is -2.72. The highest BCUT2D eigenvalue weighted by Crippen LogP contribution is 2.60. The Morgan fingerprint density at radius 2 is 1.86 bits per heavy atom. The maximum absolute atomic E-state index is 14.3. The Bertz CT molecular complexity index is 1510. The van der Waals surface area contributed by atoms with Crippen LogP contribution in [-0.2, 0) is 23.8 Å². The summed E-state index contributed by atoms with van der Waals surface area (Å²) in [6.45, 7) is 6.33. The van der Waals surface area contributed by atoms with Crippen LogP contribution in [0.2, 0.25) is 0 Å². The number of ether oxygens (including phenoxy) is 3. The highest BCUT2D eigenvalue weighted by atomic mass is 16.6. The van der Waals surface area contributed by atoms with E-state index < -0.39 is 77.3 Å². The van der Waals surface area contributed by atoms with Gasteiger partial charge in [0.05, 0.1) is 67.4 Å². The summed E-state index contributed by atoms with van der Waals surface area (Å²) in [5.74, 6) is 4.13. The van der Waals surface area contributed by atoms with Crippen LogP contribution in [0.5, 0.6) is 0 Å². The Labute approximate surface area is 332 Å². The molecule has 14 unspecified atom stereocenters. The van der Waals surface area contributed by atoms with Crippen LogP contribution in [0.4, 0.5) is 0 Å². The minimum atomic E-state index is -1.16. The minimum absolute atomic E-state index is 0.0277. The minimum Gasteiger partial charge on any atom is -0.456 e. The van der Waals surface area contributed by atoms with E-state index in [0.29, 0.717) is 37.8 Å². The lowest BCUT2D eigenvalue weighted by atomic mass is 9.48. The van der Waals surface area contributed by atoms with Crippen molar-refractivity contribution in [1.29, 1.82) is 0 Å². The van der Waals surface area contributed by atoms with Crippen LogP contribution >= 0.6 is 0 Å². The van der Waals surface area contributed by atoms with Crippen molar-refractivity contribution in [1.82, 2.24) is 10.6 Å². The smallest absolute Gasteiger partial charge is 0.333 e. The van der Waals surface area contributed by atoms with Crippen LogP contribution in [0.15, 0.2) is 11.6 Å². The molecule has 2 bridgehead atoms. The van der Waals surface area contributed by atoms with E-state index in [-0.39, 0.29) is 67.8 Å². The fraction of sp³-hybridized carbons (Fsp3) is 0.860. The number of nitrogens with two attached hydrogens (primary N) is 2. The molecule has 18 atom stereocenters. The van der Waals surface area contributed by atoms with Crippen LogP contribution in [0.25, 0.3) is 0 Å². The van der Waals surface area contributed by atoms with Crippen LogP contribution in [0.3, 0.4) is 0 Å². The van der Waals surface area contributed by atoms with Gasteiger partial charge in [0.15, 0.2) is 0 Å². The predicted octanol–water partition coefficient (Wildman–Crippen LogP) is 1.48. The van der Waals surface area contributed by atoms with Gasteiger partial charge in [-0.05, 0) is 115 Å². The van der Waals surface area contributed by atoms with Crippen LogP contribution in [0, 0.1) is 64.6 Å². The summed E-state index contributed by atoms with van der Waals surface area (Å²) >= 11 is 0. The van der Waals surface area contributed by atoms with Gasteiger partial charge in [0.2, 0.25) is 0 Å². The highest BCUT2D eigenvalue weighted by Gasteiger charge is 2.67. The van der Waals surface area contributed by atoms with Gasteiger partial charge in [0.1, 0.15) is 17.5 Å². The first-order valence-corrected chi connectivity index (χ1v) is 21.6. The van der Waals surface area contributed by atoms with Gasteiger partial charge < -0.3 is 56.7 Å². The number of esters is 1. The van der Waals surface area contributed by atoms with E-state index in [2.05, 4.69) is 22.5 Å². The molecule has 0 spiro atoms. The molecule has 7 rings (SSSR count). The van der Waals surface area contributed by atoms with Gasteiger partial charge in [0, 0.05) is 36.2 Å². The van der Waals surface area contributed by atoms with E-state index in [1.807, 2.05) is 6.92 Å². The fourth-order valence-electron chi connectivity index (χ4n) is 12.4. The number of Topliss-reactive ketones (excluding diaryl/α,β-unsaturated/α-hetero) is 1. The molecule has 2 aliphatic carbocycles. The molecular formula is C43H68N4O9. The molecule has 56 heavy (non-hydrogen) atoms. The summed E-state index contributed by atoms with van der Waals surface area (Å²) in [5.41, 5.74) is 11.3. The molecule has 4 saturated heterocycles. The molecule has 314 valence electrons. The van der Waals surface area contributed by atoms with Crippen molar-refractivity contribution in [2.24, 2.45) is 64.2 Å². The van der Waals surface area contributed by atoms with Crippen molar-refractivity contribution in [2.75, 3.05) is 26.3 Å². The van der Waals surface area contributed by atoms with Crippen molar-refractivity contribution in [3.8, 4) is 11.8 Å². The zero-order valence-corrected chi connectivity index (χ0v) is 33.6. The van der Waals surface area contributed by atoms with Gasteiger partial charge in [-0.2, -0.15) is 0 Å². The number of nitrogens with one attached hydrogen (secondary N) is 2. The Kier molecular flexibility index (Phi) is 13.1. The summed E-state index contributed by atoms with van der Waals surface area (Å²) in [6, 6.07) is 0. The molecule has 13 heteroatoms. The number of aliphatic hydroxyl groups excluding tert-OH is 4. The highest BCUT2D eigenvalue weighted by molar-refractivity contribution is 5.87. The Morgan fingerprint density at radius 1 is 1.05 bits per heavy atom. The Morgan fingerprint density at radius 3 is 2.54 bits per heavy atom. The fourth-order valence-corrected chi connectivity index (χ4v) is 12.4. The average Bonchev–Trinajstić information content (AvgIpc) is 3.18. The standard InChI is InChI=1S/C43H68N4O9/c1-4-23(2)41(53)55-32-19-30-38(52)35-31(51)18-29(21-48)54-40(35)36-37(25-12-14-46-34(45)16-25)43(22-49,27-7-5-9-28(50)17-27)13-6-8-26(42(32,3)56-39(30)36)15-24-10-11-33(44)47-20-24/h4,24-30,32-40,46-50,52H,5,7-12,14-22,44-45H2,1-3H3/t24?,25?,26-,27?,28?,29?,30?,32+,33?,34?,35?,36?,37?,38?,39?,40?,42+,43+/m1/s1. The third kappa shape index (κ3) is 7.89. The average molecular weight is 785 g/mol. The van der Waals surface area contributed by atoms with Gasteiger partial charge in [-0.25, -0.2) is 4.79 Å². The zero-order valence-electron chi connectivity index (χ0n) is 33.6. The monoisotopic (exact) mass is 784 g/mol. The first kappa shape index (κ1) is 42.2. The van der Waals surface area contributed by atoms with E-state index in [9.17, 15) is 30.0 Å². The van der Waals surface area contributed by atoms with Crippen molar-refractivity contribution in [3.63, 3.8) is 0 Å². The molecule has 10 N–H and O–H groups in total. The molecule has 2 saturated carbocycles. The molecular weight excluding hydrogens is 716 g/mol. The van der Waals surface area contributed by atoms with Gasteiger partial charge in [-0.15, -0.1) is 5.92 Å². The SMILES string of the molecule is CC=C(C)C(=O)O[C@H]1CC2C(O)C3C(=O)CC(CO)OC3C3C2O[C@@]1(C)[C@@H](CC1CCC(N)NC1)CC#C[C@](CO)(C1CCCC(O)C1)C3C1CCNC(N)C1. The van der Waals surface area contributed by atoms with Crippen molar-refractivity contribution >= 4 is 11.8 Å². The second kappa shape index (κ2) is 17.3. The summed E-state index contributed by atoms with van der Waals surface area (Å²) < 4.78 is 20.9. The number of carbonyl (C=O) groups excluding carboxylic acids is 2. The second-order valence-corrected chi connectivity index (χ2v) is 18.7. The largest absolute Gasteiger partial charge is 0.456 e. The maximum atomic E-state index is 14.3. The van der Waals surface area contributed by atoms with Gasteiger partial charge >= 0.3 is 5.97 Å². The van der Waals surface area contributed by atoms with E-state index >= 15 is 0 Å². The number of carbonyl (C=O) groups is 2. The predicted molar refractivity (Wildman–Crippen MR) is 208 cm³/mol. The number of fused-ring (bicyclic) bond motifs is 3. The first-order valence-electron chi connectivity index (χ1n) is 21.6. The number of rotatable bonds is 8. The van der Waals surface area contributed by atoms with Gasteiger partial charge in [0.25, 0.3) is 0 Å². The third-order valence-corrected chi connectivity index (χ3v) is 15.5. The molecule has 5 heterocycles. The van der Waals surface area contributed by atoms with Crippen molar-refractivity contribution in [3.05, 3.63) is 11.6 Å². The molecule has 0 aromatic carbocycles. The topological polar surface area (TPSA) is 219 Å². The lowest BCUT2D eigenvalue weighted by molar-refractivity contribution is -0.308. The Balaban J connectivity index is 1.45. The van der Waals surface area contributed by atoms with E-state index in [1.54, 1.807) is 19.9 Å². The van der Waals surface area contributed by atoms with Gasteiger partial charge in [-0.3, -0.25) is 4.79 Å². The second-order valence-electron chi connectivity index (χ2n) is 18.7. The molecule has 5 aliphatic heterocycles. The third-order valence-electron chi connectivity index (χ3n) is 15.5. The van der Waals surface area contributed by atoms with Gasteiger partial charge in [-0.1, -0.05) is 18.4 Å². The number of hydrogen-bond acceptors (Lipinski definition) is 13. The Hall–Kier alpha value is -1.96. The van der Waals surface area contributed by atoms with E-state index in [0.717, 1.165) is 45.1 Å². The molecule has 0 aromatic heterocycles. The van der Waals surface area contributed by atoms with Crippen LogP contribution in [-0.4, -0.2) is 113 Å². The van der Waals surface area contributed by atoms with Crippen LogP contribution in [0.1, 0.15) is 97.8 Å². The number of piperidine rings is 2. The maximum Gasteiger partial charge on any atom is 0.333 e. The quantitative estimate of drug-likeness (QED) is 0.0996. The normalized spacial score (nSPS) is 48.5. The summed E-state index contributed by atoms with van der Waals surface area (Å²) in [6.07, 6.45) is 3.85. The summed E-state index contributed by atoms with van der Waals surface area (Å²) in [7, 11) is 0. The molecule has 0 aromatic rings. The number of ketones is 1. The first-order chi connectivity index (χ1) is 26.8. The molecule has 0 amide bonds. The zero-order chi connectivity index (χ0) is 39.9. The molecule has 7 aliphatic rings. The molecule has 13 nitrogen and oxygen atoms in total. The van der Waals surface area contributed by atoms with E-state index in [4.69, 9.17) is 25.7 Å². The van der Waals surface area contributed by atoms with Crippen molar-refractivity contribution in [2.45, 2.75) is 152 Å². The summed E-state index contributed by atoms with van der Waals surface area (Å²) in [5, 5.41) is 52.9. The lowest BCUT2D eigenvalue weighted by Gasteiger charge is -2.63. The number of aliphatic hydroxyl groups is 4. The van der Waals surface area contributed by atoms with Crippen LogP contribution < -0.4 is 22.1 Å². The summed E-state index contributed by atoms with van der Waals surface area (Å²) in [4.78, 5) is 27.9. The van der Waals surface area contributed by atoms with E-state index in [1.165, 1.54) is 0 Å². The number of hydrogen-bond donors (Lipinski definition) is 8. The van der Waals surface area contributed by atoms with Crippen molar-refractivity contribution < 1.29 is 44.2 Å². The molecule has 6 fully saturated rings. The molecule has 0 radical (unpaired) electrons.